The van der Waals surface area contributed by atoms with Crippen LogP contribution in [0.2, 0.25) is 0 Å². The molecule has 0 saturated carbocycles. The Kier molecular flexibility index (Phi) is 3.87. The van der Waals surface area contributed by atoms with E-state index in [0.717, 1.165) is 16.2 Å². The first kappa shape index (κ1) is 14.0. The topological polar surface area (TPSA) is 39.2 Å². The number of fused-ring (bicyclic) bond motifs is 1. The van der Waals surface area contributed by atoms with Gasteiger partial charge in [-0.15, -0.1) is 0 Å². The molecule has 0 spiro atoms. The van der Waals surface area contributed by atoms with Gasteiger partial charge in [0.1, 0.15) is 0 Å². The number of pyridine rings is 1. The predicted molar refractivity (Wildman–Crippen MR) is 86.7 cm³/mol. The third-order valence-electron chi connectivity index (χ3n) is 3.33. The zero-order valence-corrected chi connectivity index (χ0v) is 12.7. The highest BCUT2D eigenvalue weighted by molar-refractivity contribution is 7.74. The molecule has 0 fully saturated rings. The lowest BCUT2D eigenvalue weighted by Gasteiger charge is -2.18. The molecule has 0 amide bonds. The number of rotatable bonds is 4. The average Bonchev–Trinajstić information content (AvgIpc) is 2.55. The summed E-state index contributed by atoms with van der Waals surface area (Å²) in [7, 11) is -3.06. The molecule has 3 rings (SSSR count). The Labute approximate surface area is 124 Å². The normalized spacial score (nSPS) is 14.0. The van der Waals surface area contributed by atoms with Gasteiger partial charge in [0.25, 0.3) is 7.37 Å². The van der Waals surface area contributed by atoms with Crippen molar-refractivity contribution < 1.29 is 9.09 Å². The number of hydrogen-bond acceptors (Lipinski definition) is 3. The van der Waals surface area contributed by atoms with Crippen LogP contribution in [-0.4, -0.2) is 11.6 Å². The first-order valence-corrected chi connectivity index (χ1v) is 8.52. The minimum atomic E-state index is -3.06. The SMILES string of the molecule is CCOP(=O)(c1ccccc1)c1ccc2ncccc2c1. The Hall–Kier alpha value is -1.96. The lowest BCUT2D eigenvalue weighted by molar-refractivity contribution is 0.348. The van der Waals surface area contributed by atoms with Crippen molar-refractivity contribution >= 4 is 28.9 Å². The molecule has 1 heterocycles. The van der Waals surface area contributed by atoms with E-state index in [-0.39, 0.29) is 0 Å². The fourth-order valence-corrected chi connectivity index (χ4v) is 4.45. The molecular weight excluding hydrogens is 281 g/mol. The second-order valence-corrected chi connectivity index (χ2v) is 7.08. The molecule has 0 saturated heterocycles. The fourth-order valence-electron chi connectivity index (χ4n) is 2.35. The molecule has 0 bridgehead atoms. The predicted octanol–water partition coefficient (Wildman–Crippen LogP) is 3.50. The van der Waals surface area contributed by atoms with Crippen LogP contribution in [0.3, 0.4) is 0 Å². The number of aromatic nitrogens is 1. The van der Waals surface area contributed by atoms with Crippen molar-refractivity contribution in [3.8, 4) is 0 Å². The van der Waals surface area contributed by atoms with E-state index in [2.05, 4.69) is 4.98 Å². The average molecular weight is 297 g/mol. The van der Waals surface area contributed by atoms with Gasteiger partial charge in [0.15, 0.2) is 0 Å². The summed E-state index contributed by atoms with van der Waals surface area (Å²) in [5, 5.41) is 2.39. The zero-order chi connectivity index (χ0) is 14.7. The molecule has 1 atom stereocenters. The molecular formula is C17H16NO2P. The van der Waals surface area contributed by atoms with Crippen LogP contribution in [0.1, 0.15) is 6.92 Å². The van der Waals surface area contributed by atoms with Gasteiger partial charge in [0.2, 0.25) is 0 Å². The fraction of sp³-hybridized carbons (Fsp3) is 0.118. The van der Waals surface area contributed by atoms with Crippen LogP contribution >= 0.6 is 7.37 Å². The van der Waals surface area contributed by atoms with E-state index < -0.39 is 7.37 Å². The van der Waals surface area contributed by atoms with Crippen LogP contribution in [0.5, 0.6) is 0 Å². The van der Waals surface area contributed by atoms with Crippen molar-refractivity contribution in [3.63, 3.8) is 0 Å². The molecule has 0 N–H and O–H groups in total. The Morgan fingerprint density at radius 3 is 2.57 bits per heavy atom. The maximum Gasteiger partial charge on any atom is 0.261 e. The van der Waals surface area contributed by atoms with Crippen molar-refractivity contribution in [2.45, 2.75) is 6.92 Å². The van der Waals surface area contributed by atoms with Gasteiger partial charge in [-0.2, -0.15) is 0 Å². The maximum atomic E-state index is 13.4. The van der Waals surface area contributed by atoms with Gasteiger partial charge in [-0.05, 0) is 43.3 Å². The summed E-state index contributed by atoms with van der Waals surface area (Å²) in [6.07, 6.45) is 1.75. The third kappa shape index (κ3) is 2.63. The van der Waals surface area contributed by atoms with Crippen LogP contribution in [0.25, 0.3) is 10.9 Å². The summed E-state index contributed by atoms with van der Waals surface area (Å²) < 4.78 is 19.1. The van der Waals surface area contributed by atoms with Crippen molar-refractivity contribution in [3.05, 3.63) is 66.9 Å². The van der Waals surface area contributed by atoms with E-state index in [9.17, 15) is 4.57 Å². The minimum Gasteiger partial charge on any atom is -0.322 e. The van der Waals surface area contributed by atoms with Crippen molar-refractivity contribution in [1.82, 2.24) is 4.98 Å². The van der Waals surface area contributed by atoms with Crippen LogP contribution in [0, 0.1) is 0 Å². The van der Waals surface area contributed by atoms with E-state index in [1.807, 2.05) is 67.6 Å². The molecule has 4 heteroatoms. The minimum absolute atomic E-state index is 0.400. The summed E-state index contributed by atoms with van der Waals surface area (Å²) >= 11 is 0. The standard InChI is InChI=1S/C17H16NO2P/c1-2-20-21(19,15-8-4-3-5-9-15)16-10-11-17-14(13-16)7-6-12-18-17/h3-13H,2H2,1H3. The molecule has 0 aliphatic rings. The van der Waals surface area contributed by atoms with Gasteiger partial charge in [0, 0.05) is 22.2 Å². The van der Waals surface area contributed by atoms with Crippen LogP contribution in [0.15, 0.2) is 66.9 Å². The van der Waals surface area contributed by atoms with Gasteiger partial charge in [-0.25, -0.2) is 0 Å². The highest BCUT2D eigenvalue weighted by Gasteiger charge is 2.28. The summed E-state index contributed by atoms with van der Waals surface area (Å²) in [6, 6.07) is 18.8. The Balaban J connectivity index is 2.17. The molecule has 21 heavy (non-hydrogen) atoms. The lowest BCUT2D eigenvalue weighted by Crippen LogP contribution is -2.18. The van der Waals surface area contributed by atoms with Gasteiger partial charge in [-0.3, -0.25) is 9.55 Å². The highest BCUT2D eigenvalue weighted by Crippen LogP contribution is 2.44. The zero-order valence-electron chi connectivity index (χ0n) is 11.8. The molecule has 1 aromatic heterocycles. The molecule has 0 aliphatic heterocycles. The quantitative estimate of drug-likeness (QED) is 0.692. The molecule has 0 aliphatic carbocycles. The molecule has 1 unspecified atom stereocenters. The molecule has 3 aromatic rings. The van der Waals surface area contributed by atoms with E-state index in [1.54, 1.807) is 6.20 Å². The summed E-state index contributed by atoms with van der Waals surface area (Å²) in [5.74, 6) is 0. The van der Waals surface area contributed by atoms with Crippen LogP contribution in [-0.2, 0) is 9.09 Å². The van der Waals surface area contributed by atoms with Gasteiger partial charge in [0.05, 0.1) is 12.1 Å². The Morgan fingerprint density at radius 2 is 1.81 bits per heavy atom. The first-order chi connectivity index (χ1) is 10.2. The number of hydrogen-bond donors (Lipinski definition) is 0. The van der Waals surface area contributed by atoms with Gasteiger partial charge >= 0.3 is 0 Å². The van der Waals surface area contributed by atoms with Gasteiger partial charge < -0.3 is 4.52 Å². The maximum absolute atomic E-state index is 13.4. The van der Waals surface area contributed by atoms with E-state index in [1.165, 1.54) is 0 Å². The van der Waals surface area contributed by atoms with Crippen LogP contribution < -0.4 is 10.6 Å². The Morgan fingerprint density at radius 1 is 1.00 bits per heavy atom. The summed E-state index contributed by atoms with van der Waals surface area (Å²) in [4.78, 5) is 4.29. The Bertz CT molecular complexity index is 802. The van der Waals surface area contributed by atoms with Crippen molar-refractivity contribution in [2.24, 2.45) is 0 Å². The first-order valence-electron chi connectivity index (χ1n) is 6.89. The third-order valence-corrected chi connectivity index (χ3v) is 5.89. The van der Waals surface area contributed by atoms with E-state index in [0.29, 0.717) is 11.9 Å². The largest absolute Gasteiger partial charge is 0.322 e. The lowest BCUT2D eigenvalue weighted by atomic mass is 10.2. The van der Waals surface area contributed by atoms with E-state index in [4.69, 9.17) is 4.52 Å². The molecule has 0 radical (unpaired) electrons. The van der Waals surface area contributed by atoms with Crippen molar-refractivity contribution in [1.29, 1.82) is 0 Å². The monoisotopic (exact) mass is 297 g/mol. The second kappa shape index (κ2) is 5.80. The van der Waals surface area contributed by atoms with Gasteiger partial charge in [-0.1, -0.05) is 24.3 Å². The second-order valence-electron chi connectivity index (χ2n) is 4.69. The number of benzene rings is 2. The van der Waals surface area contributed by atoms with Crippen LogP contribution in [0.4, 0.5) is 0 Å². The smallest absolute Gasteiger partial charge is 0.261 e. The molecule has 2 aromatic carbocycles. The summed E-state index contributed by atoms with van der Waals surface area (Å²) in [5.41, 5.74) is 0.886. The van der Waals surface area contributed by atoms with E-state index >= 15 is 0 Å². The molecule has 3 nitrogen and oxygen atoms in total. The van der Waals surface area contributed by atoms with Crippen molar-refractivity contribution in [2.75, 3.05) is 6.61 Å². The summed E-state index contributed by atoms with van der Waals surface area (Å²) in [6.45, 7) is 2.26. The number of nitrogens with zero attached hydrogens (tertiary/aromatic N) is 1. The molecule has 106 valence electrons. The highest BCUT2D eigenvalue weighted by atomic mass is 31.2.